The zero-order valence-electron chi connectivity index (χ0n) is 10.3. The Hall–Kier alpha value is -1.58. The van der Waals surface area contributed by atoms with Gasteiger partial charge in [-0.3, -0.25) is 4.79 Å². The topological polar surface area (TPSA) is 42.4 Å². The van der Waals surface area contributed by atoms with Crippen molar-refractivity contribution in [1.29, 1.82) is 0 Å². The van der Waals surface area contributed by atoms with Crippen molar-refractivity contribution in [3.8, 4) is 0 Å². The Morgan fingerprint density at radius 1 is 1.53 bits per heavy atom. The van der Waals surface area contributed by atoms with Gasteiger partial charge in [-0.2, -0.15) is 0 Å². The molecule has 1 saturated heterocycles. The van der Waals surface area contributed by atoms with E-state index in [1.54, 1.807) is 6.20 Å². The van der Waals surface area contributed by atoms with E-state index in [1.807, 2.05) is 18.2 Å². The minimum absolute atomic E-state index is 0.0277. The molecule has 0 unspecified atom stereocenters. The molecule has 17 heavy (non-hydrogen) atoms. The highest BCUT2D eigenvalue weighted by atomic mass is 16.5. The van der Waals surface area contributed by atoms with Crippen molar-refractivity contribution in [2.45, 2.75) is 13.3 Å². The molecule has 0 aliphatic carbocycles. The lowest BCUT2D eigenvalue weighted by molar-refractivity contribution is -0.147. The van der Waals surface area contributed by atoms with Crippen molar-refractivity contribution in [2.75, 3.05) is 25.1 Å². The number of aromatic nitrogens is 1. The molecule has 0 N–H and O–H groups in total. The van der Waals surface area contributed by atoms with Crippen LogP contribution in [0.2, 0.25) is 0 Å². The Bertz CT molecular complexity index is 380. The van der Waals surface area contributed by atoms with Gasteiger partial charge in [0, 0.05) is 19.3 Å². The van der Waals surface area contributed by atoms with Crippen molar-refractivity contribution in [3.63, 3.8) is 0 Å². The number of piperidine rings is 1. The second-order valence-electron chi connectivity index (χ2n) is 4.53. The van der Waals surface area contributed by atoms with E-state index in [1.165, 1.54) is 7.11 Å². The maximum Gasteiger partial charge on any atom is 0.309 e. The summed E-state index contributed by atoms with van der Waals surface area (Å²) in [5.74, 6) is 1.24. The number of carbonyl (C=O) groups is 1. The molecule has 1 aliphatic rings. The highest BCUT2D eigenvalue weighted by Gasteiger charge is 2.32. The summed E-state index contributed by atoms with van der Waals surface area (Å²) in [5, 5.41) is 0. The number of carbonyl (C=O) groups excluding carboxylic acids is 1. The molecule has 92 valence electrons. The second-order valence-corrected chi connectivity index (χ2v) is 4.53. The van der Waals surface area contributed by atoms with Gasteiger partial charge in [0.05, 0.1) is 13.0 Å². The van der Waals surface area contributed by atoms with E-state index >= 15 is 0 Å². The van der Waals surface area contributed by atoms with Crippen LogP contribution in [-0.2, 0) is 9.53 Å². The molecule has 1 fully saturated rings. The first-order valence-corrected chi connectivity index (χ1v) is 5.96. The summed E-state index contributed by atoms with van der Waals surface area (Å²) in [4.78, 5) is 18.1. The van der Waals surface area contributed by atoms with Crippen LogP contribution in [-0.4, -0.2) is 31.2 Å². The third-order valence-corrected chi connectivity index (χ3v) is 3.38. The Morgan fingerprint density at radius 3 is 2.94 bits per heavy atom. The summed E-state index contributed by atoms with van der Waals surface area (Å²) >= 11 is 0. The standard InChI is InChI=1S/C13H18N2O2/c1-10-9-15(12-5-3-4-7-14-12)8-6-11(10)13(16)17-2/h3-5,7,10-11H,6,8-9H2,1-2H3/t10-,11-/m1/s1. The van der Waals surface area contributed by atoms with Gasteiger partial charge in [0.25, 0.3) is 0 Å². The number of pyridine rings is 1. The van der Waals surface area contributed by atoms with Crippen molar-refractivity contribution in [2.24, 2.45) is 11.8 Å². The molecule has 4 nitrogen and oxygen atoms in total. The van der Waals surface area contributed by atoms with Gasteiger partial charge < -0.3 is 9.64 Å². The predicted octanol–water partition coefficient (Wildman–Crippen LogP) is 1.72. The SMILES string of the molecule is COC(=O)[C@@H]1CCN(c2ccccn2)C[C@H]1C. The largest absolute Gasteiger partial charge is 0.469 e. The summed E-state index contributed by atoms with van der Waals surface area (Å²) < 4.78 is 4.83. The van der Waals surface area contributed by atoms with Crippen LogP contribution < -0.4 is 4.90 Å². The molecule has 0 radical (unpaired) electrons. The van der Waals surface area contributed by atoms with Crippen LogP contribution >= 0.6 is 0 Å². The Balaban J connectivity index is 2.02. The molecule has 2 rings (SSSR count). The summed E-state index contributed by atoms with van der Waals surface area (Å²) in [7, 11) is 1.46. The van der Waals surface area contributed by atoms with Gasteiger partial charge in [-0.05, 0) is 24.5 Å². The lowest BCUT2D eigenvalue weighted by Gasteiger charge is -2.36. The molecule has 0 spiro atoms. The van der Waals surface area contributed by atoms with Crippen molar-refractivity contribution in [1.82, 2.24) is 4.98 Å². The number of hydrogen-bond donors (Lipinski definition) is 0. The minimum atomic E-state index is -0.0850. The summed E-state index contributed by atoms with van der Waals surface area (Å²) in [6, 6.07) is 5.90. The molecule has 4 heteroatoms. The number of ether oxygens (including phenoxy) is 1. The number of anilines is 1. The van der Waals surface area contributed by atoms with Crippen molar-refractivity contribution < 1.29 is 9.53 Å². The minimum Gasteiger partial charge on any atom is -0.469 e. The smallest absolute Gasteiger partial charge is 0.309 e. The second kappa shape index (κ2) is 5.17. The molecule has 2 heterocycles. The first-order chi connectivity index (χ1) is 8.22. The van der Waals surface area contributed by atoms with Gasteiger partial charge in [-0.15, -0.1) is 0 Å². The Labute approximate surface area is 102 Å². The van der Waals surface area contributed by atoms with Gasteiger partial charge in [-0.25, -0.2) is 4.98 Å². The molecular weight excluding hydrogens is 216 g/mol. The molecule has 1 aromatic rings. The van der Waals surface area contributed by atoms with Crippen LogP contribution in [0.5, 0.6) is 0 Å². The monoisotopic (exact) mass is 234 g/mol. The number of hydrogen-bond acceptors (Lipinski definition) is 4. The number of esters is 1. The van der Waals surface area contributed by atoms with E-state index in [-0.39, 0.29) is 11.9 Å². The molecule has 1 aliphatic heterocycles. The maximum absolute atomic E-state index is 11.6. The number of nitrogens with zero attached hydrogens (tertiary/aromatic N) is 2. The first kappa shape index (κ1) is 11.9. The van der Waals surface area contributed by atoms with Crippen LogP contribution in [0.4, 0.5) is 5.82 Å². The third kappa shape index (κ3) is 2.57. The molecule has 0 aromatic carbocycles. The zero-order valence-corrected chi connectivity index (χ0v) is 10.3. The van der Waals surface area contributed by atoms with Crippen molar-refractivity contribution in [3.05, 3.63) is 24.4 Å². The van der Waals surface area contributed by atoms with Gasteiger partial charge in [0.2, 0.25) is 0 Å². The normalized spacial score (nSPS) is 24.5. The summed E-state index contributed by atoms with van der Waals surface area (Å²) in [6.07, 6.45) is 2.64. The van der Waals surface area contributed by atoms with Crippen molar-refractivity contribution >= 4 is 11.8 Å². The fraction of sp³-hybridized carbons (Fsp3) is 0.538. The highest BCUT2D eigenvalue weighted by Crippen LogP contribution is 2.26. The van der Waals surface area contributed by atoms with Crippen LogP contribution in [0.25, 0.3) is 0 Å². The van der Waals surface area contributed by atoms with Crippen LogP contribution in [0.15, 0.2) is 24.4 Å². The molecule has 0 saturated carbocycles. The Morgan fingerprint density at radius 2 is 2.35 bits per heavy atom. The van der Waals surface area contributed by atoms with E-state index in [0.29, 0.717) is 5.92 Å². The first-order valence-electron chi connectivity index (χ1n) is 5.96. The molecular formula is C13H18N2O2. The third-order valence-electron chi connectivity index (χ3n) is 3.38. The van der Waals surface area contributed by atoms with E-state index in [4.69, 9.17) is 4.74 Å². The van der Waals surface area contributed by atoms with Crippen LogP contribution in [0.1, 0.15) is 13.3 Å². The van der Waals surface area contributed by atoms with Gasteiger partial charge in [-0.1, -0.05) is 13.0 Å². The van der Waals surface area contributed by atoms with E-state index in [2.05, 4.69) is 16.8 Å². The molecule has 2 atom stereocenters. The maximum atomic E-state index is 11.6. The van der Waals surface area contributed by atoms with Crippen LogP contribution in [0, 0.1) is 11.8 Å². The quantitative estimate of drug-likeness (QED) is 0.731. The zero-order chi connectivity index (χ0) is 12.3. The van der Waals surface area contributed by atoms with Gasteiger partial charge in [0.15, 0.2) is 0 Å². The van der Waals surface area contributed by atoms with E-state index < -0.39 is 0 Å². The van der Waals surface area contributed by atoms with E-state index in [9.17, 15) is 4.79 Å². The summed E-state index contributed by atoms with van der Waals surface area (Å²) in [5.41, 5.74) is 0. The number of rotatable bonds is 2. The average Bonchev–Trinajstić information content (AvgIpc) is 2.39. The fourth-order valence-electron chi connectivity index (χ4n) is 2.40. The molecule has 0 amide bonds. The fourth-order valence-corrected chi connectivity index (χ4v) is 2.40. The highest BCUT2D eigenvalue weighted by molar-refractivity contribution is 5.73. The summed E-state index contributed by atoms with van der Waals surface area (Å²) in [6.45, 7) is 3.81. The van der Waals surface area contributed by atoms with Crippen LogP contribution in [0.3, 0.4) is 0 Å². The average molecular weight is 234 g/mol. The number of methoxy groups -OCH3 is 1. The lowest BCUT2D eigenvalue weighted by Crippen LogP contribution is -2.42. The molecule has 1 aromatic heterocycles. The molecule has 0 bridgehead atoms. The van der Waals surface area contributed by atoms with Gasteiger partial charge in [0.1, 0.15) is 5.82 Å². The van der Waals surface area contributed by atoms with Gasteiger partial charge >= 0.3 is 5.97 Å². The Kier molecular flexibility index (Phi) is 3.61. The lowest BCUT2D eigenvalue weighted by atomic mass is 9.87. The van der Waals surface area contributed by atoms with E-state index in [0.717, 1.165) is 25.3 Å². The predicted molar refractivity (Wildman–Crippen MR) is 65.7 cm³/mol.